The van der Waals surface area contributed by atoms with E-state index in [1.165, 1.54) is 6.07 Å². The van der Waals surface area contributed by atoms with Crippen LogP contribution in [0, 0.1) is 12.7 Å². The van der Waals surface area contributed by atoms with Gasteiger partial charge in [-0.1, -0.05) is 23.2 Å². The molecule has 1 nitrogen and oxygen atoms in total. The second-order valence-electron chi connectivity index (χ2n) is 1.85. The summed E-state index contributed by atoms with van der Waals surface area (Å²) in [5.74, 6) is -0.658. The molecule has 0 unspecified atom stereocenters. The highest BCUT2D eigenvalue weighted by molar-refractivity contribution is 6.34. The van der Waals surface area contributed by atoms with E-state index in [-0.39, 0.29) is 10.2 Å². The number of rotatable bonds is 0. The van der Waals surface area contributed by atoms with Crippen molar-refractivity contribution >= 4 is 23.2 Å². The van der Waals surface area contributed by atoms with Crippen LogP contribution in [0.15, 0.2) is 6.07 Å². The van der Waals surface area contributed by atoms with E-state index in [1.807, 2.05) is 0 Å². The van der Waals surface area contributed by atoms with Crippen molar-refractivity contribution in [3.05, 3.63) is 27.8 Å². The zero-order valence-electron chi connectivity index (χ0n) is 5.16. The van der Waals surface area contributed by atoms with Gasteiger partial charge in [0.05, 0.1) is 5.02 Å². The summed E-state index contributed by atoms with van der Waals surface area (Å²) in [7, 11) is 0. The van der Waals surface area contributed by atoms with Crippen LogP contribution >= 0.6 is 23.2 Å². The molecule has 0 aliphatic carbocycles. The Hall–Kier alpha value is -0.340. The molecule has 0 bridgehead atoms. The summed E-state index contributed by atoms with van der Waals surface area (Å²) in [6.07, 6.45) is 0. The normalized spacial score (nSPS) is 10.0. The van der Waals surface area contributed by atoms with Gasteiger partial charge in [0.2, 0.25) is 0 Å². The van der Waals surface area contributed by atoms with Crippen LogP contribution in [-0.2, 0) is 0 Å². The monoisotopic (exact) mass is 179 g/mol. The molecule has 0 aromatic carbocycles. The van der Waals surface area contributed by atoms with Crippen LogP contribution in [0.1, 0.15) is 5.69 Å². The topological polar surface area (TPSA) is 12.9 Å². The smallest absolute Gasteiger partial charge is 0.179 e. The fourth-order valence-corrected chi connectivity index (χ4v) is 1.11. The maximum atomic E-state index is 12.6. The van der Waals surface area contributed by atoms with Crippen LogP contribution in [0.5, 0.6) is 0 Å². The predicted molar refractivity (Wildman–Crippen MR) is 39.0 cm³/mol. The van der Waals surface area contributed by atoms with Gasteiger partial charge in [-0.3, -0.25) is 0 Å². The molecule has 10 heavy (non-hydrogen) atoms. The molecule has 0 amide bonds. The Morgan fingerprint density at radius 2 is 2.10 bits per heavy atom. The molecule has 0 radical (unpaired) electrons. The fourth-order valence-electron chi connectivity index (χ4n) is 0.581. The van der Waals surface area contributed by atoms with Gasteiger partial charge < -0.3 is 0 Å². The zero-order chi connectivity index (χ0) is 7.72. The van der Waals surface area contributed by atoms with Gasteiger partial charge in [0.25, 0.3) is 0 Å². The number of halogens is 3. The lowest BCUT2D eigenvalue weighted by atomic mass is 10.4. The van der Waals surface area contributed by atoms with Crippen LogP contribution in [0.3, 0.4) is 0 Å². The molecule has 0 spiro atoms. The van der Waals surface area contributed by atoms with Gasteiger partial charge in [0.1, 0.15) is 0 Å². The first kappa shape index (κ1) is 7.76. The van der Waals surface area contributed by atoms with E-state index in [2.05, 4.69) is 4.98 Å². The van der Waals surface area contributed by atoms with Gasteiger partial charge in [-0.05, 0) is 13.0 Å². The molecule has 54 valence electrons. The quantitative estimate of drug-likeness (QED) is 0.559. The molecule has 0 N–H and O–H groups in total. The van der Waals surface area contributed by atoms with Gasteiger partial charge >= 0.3 is 0 Å². The van der Waals surface area contributed by atoms with Crippen molar-refractivity contribution in [2.45, 2.75) is 6.92 Å². The SMILES string of the molecule is Cc1cc(Cl)c(F)c(Cl)n1. The first-order valence-corrected chi connectivity index (χ1v) is 3.35. The molecule has 1 aromatic heterocycles. The average molecular weight is 180 g/mol. The Labute approximate surface area is 67.8 Å². The summed E-state index contributed by atoms with van der Waals surface area (Å²) >= 11 is 10.8. The lowest BCUT2D eigenvalue weighted by molar-refractivity contribution is 0.621. The highest BCUT2D eigenvalue weighted by atomic mass is 35.5. The molecule has 0 aliphatic heterocycles. The maximum absolute atomic E-state index is 12.6. The Kier molecular flexibility index (Phi) is 2.11. The predicted octanol–water partition coefficient (Wildman–Crippen LogP) is 2.84. The number of aromatic nitrogens is 1. The number of aryl methyl sites for hydroxylation is 1. The average Bonchev–Trinajstić information content (AvgIpc) is 1.82. The minimum Gasteiger partial charge on any atom is -0.238 e. The van der Waals surface area contributed by atoms with Crippen molar-refractivity contribution in [1.29, 1.82) is 0 Å². The number of nitrogens with zero attached hydrogens (tertiary/aromatic N) is 1. The van der Waals surface area contributed by atoms with Crippen LogP contribution < -0.4 is 0 Å². The van der Waals surface area contributed by atoms with Crippen LogP contribution in [-0.4, -0.2) is 4.98 Å². The molecule has 1 rings (SSSR count). The van der Waals surface area contributed by atoms with Crippen molar-refractivity contribution < 1.29 is 4.39 Å². The van der Waals surface area contributed by atoms with Gasteiger partial charge in [-0.2, -0.15) is 0 Å². The third-order valence-corrected chi connectivity index (χ3v) is 1.53. The van der Waals surface area contributed by atoms with E-state index in [4.69, 9.17) is 23.2 Å². The summed E-state index contributed by atoms with van der Waals surface area (Å²) in [6.45, 7) is 1.69. The second-order valence-corrected chi connectivity index (χ2v) is 2.62. The minimum atomic E-state index is -0.658. The zero-order valence-corrected chi connectivity index (χ0v) is 6.67. The Balaban J connectivity index is 3.31. The molecule has 1 aromatic rings. The molecule has 0 saturated heterocycles. The summed E-state index contributed by atoms with van der Waals surface area (Å²) < 4.78 is 12.6. The summed E-state index contributed by atoms with van der Waals surface area (Å²) in [5.41, 5.74) is 0.608. The fraction of sp³-hybridized carbons (Fsp3) is 0.167. The third kappa shape index (κ3) is 1.39. The minimum absolute atomic E-state index is 0.0116. The molecule has 1 heterocycles. The van der Waals surface area contributed by atoms with Crippen molar-refractivity contribution in [2.24, 2.45) is 0 Å². The highest BCUT2D eigenvalue weighted by Crippen LogP contribution is 2.20. The molecular formula is C6H4Cl2FN. The summed E-state index contributed by atoms with van der Waals surface area (Å²) in [6, 6.07) is 1.42. The van der Waals surface area contributed by atoms with E-state index in [0.29, 0.717) is 5.69 Å². The van der Waals surface area contributed by atoms with Crippen LogP contribution in [0.25, 0.3) is 0 Å². The van der Waals surface area contributed by atoms with Crippen LogP contribution in [0.2, 0.25) is 10.2 Å². The molecule has 0 aliphatic rings. The Morgan fingerprint density at radius 3 is 2.60 bits per heavy atom. The summed E-state index contributed by atoms with van der Waals surface area (Å²) in [5, 5.41) is -0.164. The molecule has 0 atom stereocenters. The standard InChI is InChI=1S/C6H4Cl2FN/c1-3-2-4(7)5(9)6(8)10-3/h2H,1H3. The van der Waals surface area contributed by atoms with E-state index >= 15 is 0 Å². The third-order valence-electron chi connectivity index (χ3n) is 1.00. The van der Waals surface area contributed by atoms with Crippen molar-refractivity contribution in [3.63, 3.8) is 0 Å². The van der Waals surface area contributed by atoms with Crippen LogP contribution in [0.4, 0.5) is 4.39 Å². The van der Waals surface area contributed by atoms with Crippen molar-refractivity contribution in [2.75, 3.05) is 0 Å². The maximum Gasteiger partial charge on any atom is 0.179 e. The lowest BCUT2D eigenvalue weighted by Crippen LogP contribution is -1.87. The van der Waals surface area contributed by atoms with Gasteiger partial charge in [0, 0.05) is 5.69 Å². The molecule has 4 heteroatoms. The second kappa shape index (κ2) is 2.72. The van der Waals surface area contributed by atoms with E-state index in [9.17, 15) is 4.39 Å². The van der Waals surface area contributed by atoms with Crippen molar-refractivity contribution in [3.8, 4) is 0 Å². The molecule has 0 saturated carbocycles. The van der Waals surface area contributed by atoms with Gasteiger partial charge in [-0.25, -0.2) is 9.37 Å². The molecule has 0 fully saturated rings. The largest absolute Gasteiger partial charge is 0.238 e. The van der Waals surface area contributed by atoms with Crippen molar-refractivity contribution in [1.82, 2.24) is 4.98 Å². The van der Waals surface area contributed by atoms with E-state index < -0.39 is 5.82 Å². The number of hydrogen-bond donors (Lipinski definition) is 0. The molecular weight excluding hydrogens is 176 g/mol. The highest BCUT2D eigenvalue weighted by Gasteiger charge is 2.05. The first-order valence-electron chi connectivity index (χ1n) is 2.59. The number of hydrogen-bond acceptors (Lipinski definition) is 1. The van der Waals surface area contributed by atoms with E-state index in [1.54, 1.807) is 6.92 Å². The Bertz CT molecular complexity index is 239. The van der Waals surface area contributed by atoms with Gasteiger partial charge in [0.15, 0.2) is 11.0 Å². The van der Waals surface area contributed by atoms with E-state index in [0.717, 1.165) is 0 Å². The lowest BCUT2D eigenvalue weighted by Gasteiger charge is -1.96. The number of pyridine rings is 1. The summed E-state index contributed by atoms with van der Waals surface area (Å²) in [4.78, 5) is 3.64. The van der Waals surface area contributed by atoms with Gasteiger partial charge in [-0.15, -0.1) is 0 Å². The Morgan fingerprint density at radius 1 is 1.50 bits per heavy atom. The first-order chi connectivity index (χ1) is 4.61.